The van der Waals surface area contributed by atoms with Crippen LogP contribution in [-0.4, -0.2) is 18.1 Å². The second-order valence-corrected chi connectivity index (χ2v) is 5.46. The molecule has 2 N–H and O–H groups in total. The summed E-state index contributed by atoms with van der Waals surface area (Å²) in [5.41, 5.74) is 0.949. The minimum Gasteiger partial charge on any atom is -0.432 e. The van der Waals surface area contributed by atoms with Crippen molar-refractivity contribution in [1.29, 1.82) is 0 Å². The highest BCUT2D eigenvalue weighted by Gasteiger charge is 2.17. The summed E-state index contributed by atoms with van der Waals surface area (Å²) in [7, 11) is 0. The molecule has 0 spiro atoms. The van der Waals surface area contributed by atoms with Gasteiger partial charge in [0, 0.05) is 13.1 Å². The minimum absolute atomic E-state index is 0.633. The summed E-state index contributed by atoms with van der Waals surface area (Å²) in [5.74, 6) is 1.96. The molecule has 104 valence electrons. The van der Waals surface area contributed by atoms with Crippen LogP contribution in [-0.2, 0) is 6.54 Å². The Bertz CT molecular complexity index is 326. The molecule has 0 aliphatic carbocycles. The number of rotatable bonds is 8. The fourth-order valence-corrected chi connectivity index (χ4v) is 2.17. The maximum absolute atomic E-state index is 5.41. The maximum atomic E-state index is 5.41. The Kier molecular flexibility index (Phi) is 6.19. The van der Waals surface area contributed by atoms with Gasteiger partial charge in [0.25, 0.3) is 6.01 Å². The summed E-state index contributed by atoms with van der Waals surface area (Å²) in [5, 5.41) is 6.53. The van der Waals surface area contributed by atoms with E-state index in [1.165, 1.54) is 0 Å². The molecule has 1 aromatic rings. The van der Waals surface area contributed by atoms with Crippen LogP contribution in [0.15, 0.2) is 10.7 Å². The smallest absolute Gasteiger partial charge is 0.294 e. The van der Waals surface area contributed by atoms with Crippen molar-refractivity contribution >= 4 is 6.01 Å². The molecule has 18 heavy (non-hydrogen) atoms. The van der Waals surface area contributed by atoms with Gasteiger partial charge in [0.1, 0.15) is 6.26 Å². The Morgan fingerprint density at radius 1 is 1.22 bits per heavy atom. The SMILES string of the molecule is CCNCc1coc(NCC(C(C)C)C(C)C)n1. The van der Waals surface area contributed by atoms with E-state index in [2.05, 4.69) is 50.2 Å². The van der Waals surface area contributed by atoms with Gasteiger partial charge in [-0.15, -0.1) is 0 Å². The summed E-state index contributed by atoms with van der Waals surface area (Å²) in [6, 6.07) is 0.634. The first-order valence-electron chi connectivity index (χ1n) is 6.93. The largest absolute Gasteiger partial charge is 0.432 e. The van der Waals surface area contributed by atoms with Gasteiger partial charge in [-0.25, -0.2) is 0 Å². The molecule has 0 fully saturated rings. The summed E-state index contributed by atoms with van der Waals surface area (Å²) < 4.78 is 5.41. The lowest BCUT2D eigenvalue weighted by molar-refractivity contribution is 0.302. The number of oxazole rings is 1. The molecular formula is C14H27N3O. The Balaban J connectivity index is 2.44. The monoisotopic (exact) mass is 253 g/mol. The predicted molar refractivity (Wildman–Crippen MR) is 75.5 cm³/mol. The Morgan fingerprint density at radius 3 is 2.44 bits per heavy atom. The highest BCUT2D eigenvalue weighted by Crippen LogP contribution is 2.21. The van der Waals surface area contributed by atoms with Gasteiger partial charge in [-0.3, -0.25) is 0 Å². The van der Waals surface area contributed by atoms with Gasteiger partial charge in [0.15, 0.2) is 0 Å². The first-order valence-corrected chi connectivity index (χ1v) is 6.93. The molecule has 0 unspecified atom stereocenters. The average molecular weight is 253 g/mol. The van der Waals surface area contributed by atoms with E-state index in [0.29, 0.717) is 23.8 Å². The van der Waals surface area contributed by atoms with Crippen LogP contribution in [0.5, 0.6) is 0 Å². The third-order valence-electron chi connectivity index (χ3n) is 3.31. The predicted octanol–water partition coefficient (Wildman–Crippen LogP) is 3.12. The number of hydrogen-bond acceptors (Lipinski definition) is 4. The number of hydrogen-bond donors (Lipinski definition) is 2. The van der Waals surface area contributed by atoms with E-state index in [-0.39, 0.29) is 0 Å². The van der Waals surface area contributed by atoms with Gasteiger partial charge in [-0.05, 0) is 24.3 Å². The van der Waals surface area contributed by atoms with Gasteiger partial charge in [-0.2, -0.15) is 4.98 Å². The minimum atomic E-state index is 0.633. The van der Waals surface area contributed by atoms with E-state index < -0.39 is 0 Å². The zero-order valence-electron chi connectivity index (χ0n) is 12.3. The second kappa shape index (κ2) is 7.41. The molecule has 0 bridgehead atoms. The molecule has 1 rings (SSSR count). The van der Waals surface area contributed by atoms with E-state index in [1.54, 1.807) is 6.26 Å². The van der Waals surface area contributed by atoms with Crippen LogP contribution in [0.4, 0.5) is 6.01 Å². The van der Waals surface area contributed by atoms with Crippen molar-refractivity contribution in [1.82, 2.24) is 10.3 Å². The van der Waals surface area contributed by atoms with Crippen molar-refractivity contribution in [2.24, 2.45) is 17.8 Å². The van der Waals surface area contributed by atoms with E-state index >= 15 is 0 Å². The van der Waals surface area contributed by atoms with Crippen LogP contribution in [0, 0.1) is 17.8 Å². The van der Waals surface area contributed by atoms with Crippen LogP contribution in [0.3, 0.4) is 0 Å². The summed E-state index contributed by atoms with van der Waals surface area (Å²) in [4.78, 5) is 4.40. The van der Waals surface area contributed by atoms with Gasteiger partial charge in [-0.1, -0.05) is 34.6 Å². The maximum Gasteiger partial charge on any atom is 0.294 e. The lowest BCUT2D eigenvalue weighted by Crippen LogP contribution is -2.24. The van der Waals surface area contributed by atoms with Gasteiger partial charge in [0.2, 0.25) is 0 Å². The molecule has 0 amide bonds. The highest BCUT2D eigenvalue weighted by molar-refractivity contribution is 5.21. The molecule has 0 aliphatic rings. The molecule has 0 saturated carbocycles. The number of anilines is 1. The van der Waals surface area contributed by atoms with Crippen molar-refractivity contribution in [2.45, 2.75) is 41.2 Å². The standard InChI is InChI=1S/C14H27N3O/c1-6-15-7-12-9-18-14(17-12)16-8-13(10(2)3)11(4)5/h9-11,13,15H,6-8H2,1-5H3,(H,16,17). The summed E-state index contributed by atoms with van der Waals surface area (Å²) in [6.07, 6.45) is 1.71. The average Bonchev–Trinajstić information content (AvgIpc) is 2.73. The lowest BCUT2D eigenvalue weighted by atomic mass is 9.85. The van der Waals surface area contributed by atoms with Gasteiger partial charge >= 0.3 is 0 Å². The second-order valence-electron chi connectivity index (χ2n) is 5.46. The van der Waals surface area contributed by atoms with E-state index in [0.717, 1.165) is 25.3 Å². The van der Waals surface area contributed by atoms with E-state index in [4.69, 9.17) is 4.42 Å². The molecule has 0 aliphatic heterocycles. The van der Waals surface area contributed by atoms with Crippen LogP contribution >= 0.6 is 0 Å². The van der Waals surface area contributed by atoms with Crippen molar-refractivity contribution < 1.29 is 4.42 Å². The number of nitrogens with zero attached hydrogens (tertiary/aromatic N) is 1. The molecule has 0 saturated heterocycles. The fraction of sp³-hybridized carbons (Fsp3) is 0.786. The Labute approximate surface area is 111 Å². The molecule has 4 heteroatoms. The summed E-state index contributed by atoms with van der Waals surface area (Å²) >= 11 is 0. The molecular weight excluding hydrogens is 226 g/mol. The first kappa shape index (κ1) is 15.0. The molecule has 0 aromatic carbocycles. The van der Waals surface area contributed by atoms with Crippen LogP contribution in [0.1, 0.15) is 40.3 Å². The number of nitrogens with one attached hydrogen (secondary N) is 2. The lowest BCUT2D eigenvalue weighted by Gasteiger charge is -2.24. The van der Waals surface area contributed by atoms with Crippen LogP contribution in [0.25, 0.3) is 0 Å². The van der Waals surface area contributed by atoms with Gasteiger partial charge < -0.3 is 15.1 Å². The first-order chi connectivity index (χ1) is 8.54. The van der Waals surface area contributed by atoms with E-state index in [9.17, 15) is 0 Å². The highest BCUT2D eigenvalue weighted by atomic mass is 16.4. The molecule has 1 aromatic heterocycles. The van der Waals surface area contributed by atoms with Crippen molar-refractivity contribution in [2.75, 3.05) is 18.4 Å². The van der Waals surface area contributed by atoms with Gasteiger partial charge in [0.05, 0.1) is 5.69 Å². The third-order valence-corrected chi connectivity index (χ3v) is 3.31. The quantitative estimate of drug-likeness (QED) is 0.747. The number of aromatic nitrogens is 1. The molecule has 0 atom stereocenters. The molecule has 1 heterocycles. The van der Waals surface area contributed by atoms with Crippen LogP contribution < -0.4 is 10.6 Å². The van der Waals surface area contributed by atoms with Crippen molar-refractivity contribution in [3.8, 4) is 0 Å². The molecule has 4 nitrogen and oxygen atoms in total. The van der Waals surface area contributed by atoms with Crippen LogP contribution in [0.2, 0.25) is 0 Å². The third kappa shape index (κ3) is 4.69. The zero-order chi connectivity index (χ0) is 13.5. The zero-order valence-corrected chi connectivity index (χ0v) is 12.3. The van der Waals surface area contributed by atoms with E-state index in [1.807, 2.05) is 0 Å². The fourth-order valence-electron chi connectivity index (χ4n) is 2.17. The topological polar surface area (TPSA) is 50.1 Å². The Morgan fingerprint density at radius 2 is 1.89 bits per heavy atom. The normalized spacial score (nSPS) is 11.8. The van der Waals surface area contributed by atoms with Crippen molar-refractivity contribution in [3.05, 3.63) is 12.0 Å². The summed E-state index contributed by atoms with van der Waals surface area (Å²) in [6.45, 7) is 13.7. The Hall–Kier alpha value is -1.03. The molecule has 0 radical (unpaired) electrons. The van der Waals surface area contributed by atoms with Crippen molar-refractivity contribution in [3.63, 3.8) is 0 Å².